The Morgan fingerprint density at radius 2 is 2.00 bits per heavy atom. The molecular formula is C18H34IN5O4S. The number of ether oxygens (including phenoxy) is 1. The summed E-state index contributed by atoms with van der Waals surface area (Å²) in [5.41, 5.74) is -0.509. The van der Waals surface area contributed by atoms with Crippen LogP contribution in [0.1, 0.15) is 40.0 Å². The molecule has 2 fully saturated rings. The van der Waals surface area contributed by atoms with Gasteiger partial charge in [-0.05, 0) is 39.5 Å². The van der Waals surface area contributed by atoms with Crippen LogP contribution in [0.5, 0.6) is 0 Å². The van der Waals surface area contributed by atoms with Gasteiger partial charge in [-0.3, -0.25) is 4.99 Å². The number of carbonyl (C=O) groups is 1. The lowest BCUT2D eigenvalue weighted by atomic mass is 9.86. The van der Waals surface area contributed by atoms with E-state index in [4.69, 9.17) is 4.74 Å². The molecule has 3 rings (SSSR count). The normalized spacial score (nSPS) is 22.3. The van der Waals surface area contributed by atoms with Crippen LogP contribution in [0.4, 0.5) is 4.79 Å². The van der Waals surface area contributed by atoms with Crippen LogP contribution in [0, 0.1) is 5.92 Å². The molecule has 0 spiro atoms. The molecule has 2 aliphatic heterocycles. The first-order valence-corrected chi connectivity index (χ1v) is 11.8. The van der Waals surface area contributed by atoms with E-state index in [2.05, 4.69) is 19.9 Å². The minimum atomic E-state index is -3.27. The third kappa shape index (κ3) is 7.12. The van der Waals surface area contributed by atoms with Crippen LogP contribution in [0.25, 0.3) is 0 Å². The third-order valence-corrected chi connectivity index (χ3v) is 6.68. The van der Waals surface area contributed by atoms with Gasteiger partial charge in [0.2, 0.25) is 10.0 Å². The molecule has 168 valence electrons. The lowest BCUT2D eigenvalue weighted by molar-refractivity contribution is 0.0137. The summed E-state index contributed by atoms with van der Waals surface area (Å²) < 4.78 is 32.4. The predicted octanol–water partition coefficient (Wildman–Crippen LogP) is 1.20. The number of hydrogen-bond acceptors (Lipinski definition) is 7. The highest BCUT2D eigenvalue weighted by Gasteiger charge is 2.36. The molecule has 0 aromatic heterocycles. The number of fused-ring (bicyclic) bond motifs is 1. The van der Waals surface area contributed by atoms with Crippen LogP contribution in [-0.4, -0.2) is 86.9 Å². The van der Waals surface area contributed by atoms with Crippen LogP contribution in [0.15, 0.2) is 4.99 Å². The van der Waals surface area contributed by atoms with E-state index in [0.717, 1.165) is 18.8 Å². The van der Waals surface area contributed by atoms with E-state index in [9.17, 15) is 13.2 Å². The van der Waals surface area contributed by atoms with Crippen LogP contribution >= 0.6 is 24.0 Å². The van der Waals surface area contributed by atoms with Gasteiger partial charge in [0.1, 0.15) is 5.60 Å². The summed E-state index contributed by atoms with van der Waals surface area (Å²) in [7, 11) is -3.27. The lowest BCUT2D eigenvalue weighted by Crippen LogP contribution is -2.57. The highest BCUT2D eigenvalue weighted by atomic mass is 127. The number of nitrogens with zero attached hydrogens (tertiary/aromatic N) is 3. The van der Waals surface area contributed by atoms with Gasteiger partial charge in [0.15, 0.2) is 5.96 Å². The van der Waals surface area contributed by atoms with Crippen LogP contribution in [0.2, 0.25) is 0 Å². The van der Waals surface area contributed by atoms with Crippen molar-refractivity contribution in [2.45, 2.75) is 51.7 Å². The number of guanidine groups is 1. The van der Waals surface area contributed by atoms with Gasteiger partial charge in [-0.25, -0.2) is 17.9 Å². The molecule has 0 bridgehead atoms. The molecule has 9 nitrogen and oxygen atoms in total. The monoisotopic (exact) mass is 543 g/mol. The Bertz CT molecular complexity index is 706. The minimum absolute atomic E-state index is 0. The van der Waals surface area contributed by atoms with Gasteiger partial charge in [0.25, 0.3) is 0 Å². The van der Waals surface area contributed by atoms with Crippen LogP contribution < -0.4 is 10.0 Å². The average Bonchev–Trinajstić information content (AvgIpc) is 2.94. The number of nitrogens with one attached hydrogen (secondary N) is 2. The Labute approximate surface area is 191 Å². The molecule has 1 atom stereocenters. The molecule has 3 aliphatic rings. The van der Waals surface area contributed by atoms with E-state index in [1.54, 1.807) is 4.90 Å². The Morgan fingerprint density at radius 3 is 2.62 bits per heavy atom. The number of hydrogen-bond donors (Lipinski definition) is 2. The van der Waals surface area contributed by atoms with Gasteiger partial charge in [0, 0.05) is 32.7 Å². The number of rotatable bonds is 6. The first-order valence-electron chi connectivity index (χ1n) is 10.1. The van der Waals surface area contributed by atoms with Gasteiger partial charge in [-0.15, -0.1) is 24.0 Å². The van der Waals surface area contributed by atoms with E-state index in [1.807, 2.05) is 20.8 Å². The number of amides is 1. The van der Waals surface area contributed by atoms with Crippen molar-refractivity contribution >= 4 is 46.1 Å². The smallest absolute Gasteiger partial charge is 0.410 e. The maximum Gasteiger partial charge on any atom is 0.410 e. The van der Waals surface area contributed by atoms with Crippen molar-refractivity contribution < 1.29 is 17.9 Å². The van der Waals surface area contributed by atoms with Gasteiger partial charge in [-0.1, -0.05) is 6.42 Å². The van der Waals surface area contributed by atoms with Gasteiger partial charge >= 0.3 is 6.09 Å². The lowest BCUT2D eigenvalue weighted by Gasteiger charge is -2.39. The van der Waals surface area contributed by atoms with E-state index in [1.165, 1.54) is 6.42 Å². The largest absolute Gasteiger partial charge is 0.444 e. The van der Waals surface area contributed by atoms with Crippen molar-refractivity contribution in [1.29, 1.82) is 0 Å². The molecular weight excluding hydrogens is 509 g/mol. The number of aliphatic imine (C=N–C) groups is 1. The highest BCUT2D eigenvalue weighted by molar-refractivity contribution is 14.0. The van der Waals surface area contributed by atoms with Crippen molar-refractivity contribution in [1.82, 2.24) is 19.8 Å². The zero-order valence-corrected chi connectivity index (χ0v) is 20.7. The fourth-order valence-electron chi connectivity index (χ4n) is 3.53. The second kappa shape index (κ2) is 9.99. The zero-order valence-electron chi connectivity index (χ0n) is 17.5. The quantitative estimate of drug-likeness (QED) is 0.489. The van der Waals surface area contributed by atoms with Crippen LogP contribution in [-0.2, 0) is 14.8 Å². The van der Waals surface area contributed by atoms with Crippen molar-refractivity contribution in [3.05, 3.63) is 0 Å². The maximum atomic E-state index is 12.3. The van der Waals surface area contributed by atoms with Crippen molar-refractivity contribution in [3.63, 3.8) is 0 Å². The summed E-state index contributed by atoms with van der Waals surface area (Å²) in [5.74, 6) is 1.26. The van der Waals surface area contributed by atoms with Gasteiger partial charge in [-0.2, -0.15) is 0 Å². The highest BCUT2D eigenvalue weighted by Crippen LogP contribution is 2.25. The number of halogens is 1. The topological polar surface area (TPSA) is 103 Å². The molecule has 1 saturated heterocycles. The molecule has 0 radical (unpaired) electrons. The molecule has 1 amide bonds. The maximum absolute atomic E-state index is 12.3. The van der Waals surface area contributed by atoms with Crippen molar-refractivity contribution in [3.8, 4) is 0 Å². The van der Waals surface area contributed by atoms with Gasteiger partial charge in [0.05, 0.1) is 18.3 Å². The first-order chi connectivity index (χ1) is 13.1. The summed E-state index contributed by atoms with van der Waals surface area (Å²) in [5, 5.41) is 3.16. The molecule has 1 unspecified atom stereocenters. The summed E-state index contributed by atoms with van der Waals surface area (Å²) in [6.45, 7) is 8.82. The third-order valence-electron chi connectivity index (χ3n) is 5.33. The summed E-state index contributed by atoms with van der Waals surface area (Å²) >= 11 is 0. The van der Waals surface area contributed by atoms with E-state index in [-0.39, 0.29) is 41.9 Å². The SMILES string of the molecule is CC(C)(C)OC(=O)N1CCN2C(NCCS(=O)(=O)NCC3CCC3)=NCC2C1.I. The summed E-state index contributed by atoms with van der Waals surface area (Å²) in [6, 6.07) is 0.108. The Morgan fingerprint density at radius 1 is 1.28 bits per heavy atom. The van der Waals surface area contributed by atoms with E-state index >= 15 is 0 Å². The Kier molecular flexibility index (Phi) is 8.42. The second-order valence-electron chi connectivity index (χ2n) is 8.83. The fraction of sp³-hybridized carbons (Fsp3) is 0.889. The number of piperazine rings is 1. The zero-order chi connectivity index (χ0) is 20.4. The van der Waals surface area contributed by atoms with Crippen LogP contribution in [0.3, 0.4) is 0 Å². The molecule has 2 heterocycles. The minimum Gasteiger partial charge on any atom is -0.444 e. The first kappa shape index (κ1) is 24.4. The Hall–Kier alpha value is -0.820. The standard InChI is InChI=1S/C18H33N5O4S.HI/c1-18(2,3)27-17(24)22-8-9-23-15(13-22)12-20-16(23)19-7-10-28(25,26)21-11-14-5-4-6-14;/h14-15,21H,4-13H2,1-3H3,(H,19,20);1H. The molecule has 0 aromatic carbocycles. The average molecular weight is 543 g/mol. The molecule has 2 N–H and O–H groups in total. The molecule has 0 aromatic rings. The number of carbonyl (C=O) groups excluding carboxylic acids is 1. The fourth-order valence-corrected chi connectivity index (χ4v) is 4.54. The Balaban J connectivity index is 0.00000300. The van der Waals surface area contributed by atoms with Crippen molar-refractivity contribution in [2.75, 3.05) is 45.0 Å². The molecule has 11 heteroatoms. The number of sulfonamides is 1. The molecule has 1 aliphatic carbocycles. The van der Waals surface area contributed by atoms with Crippen molar-refractivity contribution in [2.24, 2.45) is 10.9 Å². The predicted molar refractivity (Wildman–Crippen MR) is 123 cm³/mol. The van der Waals surface area contributed by atoms with Gasteiger partial charge < -0.3 is 19.9 Å². The summed E-state index contributed by atoms with van der Waals surface area (Å²) in [4.78, 5) is 20.6. The van der Waals surface area contributed by atoms with E-state index < -0.39 is 15.6 Å². The summed E-state index contributed by atoms with van der Waals surface area (Å²) in [6.07, 6.45) is 3.15. The second-order valence-corrected chi connectivity index (χ2v) is 10.8. The molecule has 1 saturated carbocycles. The molecule has 29 heavy (non-hydrogen) atoms. The van der Waals surface area contributed by atoms with E-state index in [0.29, 0.717) is 45.2 Å².